The van der Waals surface area contributed by atoms with Crippen LogP contribution in [-0.4, -0.2) is 140 Å². The Morgan fingerprint density at radius 3 is 2.02 bits per heavy atom. The van der Waals surface area contributed by atoms with Crippen molar-refractivity contribution in [2.24, 2.45) is 23.7 Å². The average Bonchev–Trinajstić information content (AvgIpc) is 3.75. The highest BCUT2D eigenvalue weighted by Crippen LogP contribution is 2.30. The van der Waals surface area contributed by atoms with Gasteiger partial charge in [-0.05, 0) is 68.2 Å². The SMILES string of the molecule is CCC(C)C(C(CC(=O)N1CCCC1C(OC)C(C)C(=O)NC(COCc1ccccc1)Cc1ccccc1)OC)N(C)C(=O)C(NC(=O)C(C(C)C)N(C)CCCC(=O)O)C(C)C. The van der Waals surface area contributed by atoms with E-state index >= 15 is 0 Å². The van der Waals surface area contributed by atoms with E-state index in [2.05, 4.69) is 10.6 Å². The van der Waals surface area contributed by atoms with Gasteiger partial charge in [-0.3, -0.25) is 28.9 Å². The predicted octanol–water partition coefficient (Wildman–Crippen LogP) is 5.81. The highest BCUT2D eigenvalue weighted by molar-refractivity contribution is 5.90. The molecule has 1 aliphatic rings. The lowest BCUT2D eigenvalue weighted by molar-refractivity contribution is -0.148. The van der Waals surface area contributed by atoms with Crippen LogP contribution in [0.15, 0.2) is 60.7 Å². The van der Waals surface area contributed by atoms with Gasteiger partial charge in [-0.2, -0.15) is 0 Å². The first kappa shape index (κ1) is 54.0. The number of carbonyl (C=O) groups excluding carboxylic acids is 4. The highest BCUT2D eigenvalue weighted by atomic mass is 16.5. The summed E-state index contributed by atoms with van der Waals surface area (Å²) in [4.78, 5) is 73.3. The summed E-state index contributed by atoms with van der Waals surface area (Å²) < 4.78 is 18.3. The molecule has 1 saturated heterocycles. The fourth-order valence-electron chi connectivity index (χ4n) is 9.18. The van der Waals surface area contributed by atoms with Gasteiger partial charge in [0.25, 0.3) is 0 Å². The van der Waals surface area contributed by atoms with Gasteiger partial charge in [-0.1, -0.05) is 116 Å². The zero-order valence-electron chi connectivity index (χ0n) is 40.5. The Labute approximate surface area is 383 Å². The van der Waals surface area contributed by atoms with Crippen molar-refractivity contribution in [2.75, 3.05) is 48.0 Å². The minimum atomic E-state index is -0.890. The maximum atomic E-state index is 14.5. The van der Waals surface area contributed by atoms with E-state index in [9.17, 15) is 24.0 Å². The molecular formula is C50H79N5O9. The molecule has 2 aromatic carbocycles. The number of likely N-dealkylation sites (N-methyl/N-ethyl adjacent to an activating group) is 2. The van der Waals surface area contributed by atoms with Crippen LogP contribution >= 0.6 is 0 Å². The smallest absolute Gasteiger partial charge is 0.303 e. The van der Waals surface area contributed by atoms with Crippen LogP contribution in [-0.2, 0) is 51.2 Å². The summed E-state index contributed by atoms with van der Waals surface area (Å²) in [5, 5.41) is 15.4. The highest BCUT2D eigenvalue weighted by Gasteiger charge is 2.43. The fourth-order valence-corrected chi connectivity index (χ4v) is 9.18. The molecule has 3 rings (SSSR count). The molecule has 358 valence electrons. The maximum absolute atomic E-state index is 14.5. The number of hydrogen-bond donors (Lipinski definition) is 3. The minimum absolute atomic E-state index is 0.00113. The molecule has 14 nitrogen and oxygen atoms in total. The number of rotatable bonds is 28. The van der Waals surface area contributed by atoms with E-state index in [1.165, 1.54) is 0 Å². The molecule has 14 heteroatoms. The summed E-state index contributed by atoms with van der Waals surface area (Å²) >= 11 is 0. The third kappa shape index (κ3) is 16.0. The number of ether oxygens (including phenoxy) is 3. The standard InChI is InChI=1S/C50H79N5O9/c1-12-35(6)46(54(9)50(61)44(33(2)3)52-49(60)45(34(4)5)53(8)27-20-26-43(57)58)41(62-10)30-42(56)55-28-19-25-40(55)47(63-11)36(7)48(59)51-39(29-37-21-15-13-16-22-37)32-64-31-38-23-17-14-18-24-38/h13-18,21-24,33-36,39-41,44-47H,12,19-20,25-32H2,1-11H3,(H,51,59)(H,52,60)(H,57,58). The van der Waals surface area contributed by atoms with Crippen molar-refractivity contribution in [3.8, 4) is 0 Å². The molecule has 0 aliphatic carbocycles. The van der Waals surface area contributed by atoms with Gasteiger partial charge in [0, 0.05) is 34.2 Å². The number of likely N-dealkylation sites (tertiary alicyclic amines) is 1. The number of benzene rings is 2. The second kappa shape index (κ2) is 27.2. The molecule has 0 radical (unpaired) electrons. The number of carboxylic acids is 1. The van der Waals surface area contributed by atoms with Crippen LogP contribution in [0.2, 0.25) is 0 Å². The number of hydrogen-bond acceptors (Lipinski definition) is 9. The molecule has 0 spiro atoms. The molecule has 1 fully saturated rings. The third-order valence-corrected chi connectivity index (χ3v) is 12.9. The van der Waals surface area contributed by atoms with Crippen LogP contribution in [0.1, 0.15) is 98.1 Å². The normalized spacial score (nSPS) is 17.9. The Morgan fingerprint density at radius 2 is 1.47 bits per heavy atom. The zero-order valence-corrected chi connectivity index (χ0v) is 40.5. The van der Waals surface area contributed by atoms with Crippen molar-refractivity contribution in [2.45, 2.75) is 142 Å². The van der Waals surface area contributed by atoms with Crippen LogP contribution in [0, 0.1) is 23.7 Å². The lowest BCUT2D eigenvalue weighted by Gasteiger charge is -2.41. The van der Waals surface area contributed by atoms with Crippen LogP contribution in [0.3, 0.4) is 0 Å². The molecule has 0 bridgehead atoms. The average molecular weight is 894 g/mol. The number of aliphatic carboxylic acids is 1. The predicted molar refractivity (Wildman–Crippen MR) is 249 cm³/mol. The molecule has 0 saturated carbocycles. The summed E-state index contributed by atoms with van der Waals surface area (Å²) in [5.41, 5.74) is 2.13. The Hall–Kier alpha value is -4.37. The number of methoxy groups -OCH3 is 2. The van der Waals surface area contributed by atoms with Gasteiger partial charge in [-0.15, -0.1) is 0 Å². The van der Waals surface area contributed by atoms with E-state index in [4.69, 9.17) is 19.3 Å². The van der Waals surface area contributed by atoms with Crippen molar-refractivity contribution in [3.05, 3.63) is 71.8 Å². The summed E-state index contributed by atoms with van der Waals surface area (Å²) in [6, 6.07) is 17.3. The van der Waals surface area contributed by atoms with Crippen molar-refractivity contribution in [1.29, 1.82) is 0 Å². The van der Waals surface area contributed by atoms with Crippen molar-refractivity contribution < 1.29 is 43.3 Å². The van der Waals surface area contributed by atoms with Gasteiger partial charge in [0.2, 0.25) is 23.6 Å². The number of carbonyl (C=O) groups is 5. The number of nitrogens with zero attached hydrogens (tertiary/aromatic N) is 3. The Morgan fingerprint density at radius 1 is 0.844 bits per heavy atom. The van der Waals surface area contributed by atoms with Crippen LogP contribution in [0.4, 0.5) is 0 Å². The molecule has 1 aliphatic heterocycles. The molecule has 9 atom stereocenters. The van der Waals surface area contributed by atoms with E-state index in [1.54, 1.807) is 33.2 Å². The Kier molecular flexibility index (Phi) is 22.9. The van der Waals surface area contributed by atoms with E-state index in [-0.39, 0.29) is 66.3 Å². The summed E-state index contributed by atoms with van der Waals surface area (Å²) in [5.74, 6) is -2.81. The molecule has 64 heavy (non-hydrogen) atoms. The van der Waals surface area contributed by atoms with Crippen molar-refractivity contribution in [1.82, 2.24) is 25.3 Å². The molecule has 3 N–H and O–H groups in total. The molecule has 9 unspecified atom stereocenters. The topological polar surface area (TPSA) is 167 Å². The second-order valence-corrected chi connectivity index (χ2v) is 18.4. The lowest BCUT2D eigenvalue weighted by Crippen LogP contribution is -2.60. The zero-order chi connectivity index (χ0) is 47.5. The van der Waals surface area contributed by atoms with Crippen molar-refractivity contribution >= 4 is 29.6 Å². The molecule has 0 aromatic heterocycles. The molecular weight excluding hydrogens is 815 g/mol. The largest absolute Gasteiger partial charge is 0.481 e. The first-order chi connectivity index (χ1) is 30.4. The van der Waals surface area contributed by atoms with Gasteiger partial charge in [0.1, 0.15) is 6.04 Å². The van der Waals surface area contributed by atoms with E-state index in [0.29, 0.717) is 52.0 Å². The lowest BCUT2D eigenvalue weighted by atomic mass is 9.89. The molecule has 1 heterocycles. The van der Waals surface area contributed by atoms with Crippen molar-refractivity contribution in [3.63, 3.8) is 0 Å². The van der Waals surface area contributed by atoms with Gasteiger partial charge in [-0.25, -0.2) is 0 Å². The number of nitrogens with one attached hydrogen (secondary N) is 2. The summed E-state index contributed by atoms with van der Waals surface area (Å²) in [7, 11) is 6.66. The quantitative estimate of drug-likeness (QED) is 0.0949. The Bertz CT molecular complexity index is 1730. The maximum Gasteiger partial charge on any atom is 0.303 e. The van der Waals surface area contributed by atoms with Gasteiger partial charge >= 0.3 is 5.97 Å². The number of amides is 4. The van der Waals surface area contributed by atoms with Gasteiger partial charge in [0.05, 0.1) is 61.9 Å². The summed E-state index contributed by atoms with van der Waals surface area (Å²) in [6.45, 7) is 15.2. The van der Waals surface area contributed by atoms with E-state index < -0.39 is 42.2 Å². The minimum Gasteiger partial charge on any atom is -0.481 e. The third-order valence-electron chi connectivity index (χ3n) is 12.9. The molecule has 2 aromatic rings. The molecule has 4 amide bonds. The fraction of sp³-hybridized carbons (Fsp3) is 0.660. The summed E-state index contributed by atoms with van der Waals surface area (Å²) in [6.07, 6.45) is 1.87. The first-order valence-corrected chi connectivity index (χ1v) is 23.2. The van der Waals surface area contributed by atoms with Crippen LogP contribution in [0.25, 0.3) is 0 Å². The number of carboxylic acid groups (broad SMARTS) is 1. The van der Waals surface area contributed by atoms with Gasteiger partial charge in [0.15, 0.2) is 0 Å². The van der Waals surface area contributed by atoms with Gasteiger partial charge < -0.3 is 39.8 Å². The second-order valence-electron chi connectivity index (χ2n) is 18.4. The van der Waals surface area contributed by atoms with E-state index in [1.807, 2.05) is 119 Å². The first-order valence-electron chi connectivity index (χ1n) is 23.2. The van der Waals surface area contributed by atoms with Crippen LogP contribution < -0.4 is 10.6 Å². The monoisotopic (exact) mass is 894 g/mol. The Balaban J connectivity index is 1.76. The van der Waals surface area contributed by atoms with Crippen LogP contribution in [0.5, 0.6) is 0 Å². The van der Waals surface area contributed by atoms with E-state index in [0.717, 1.165) is 17.5 Å².